The summed E-state index contributed by atoms with van der Waals surface area (Å²) in [4.78, 5) is 2.10. The summed E-state index contributed by atoms with van der Waals surface area (Å²) in [5.41, 5.74) is 1.34. The highest BCUT2D eigenvalue weighted by Gasteiger charge is 2.33. The van der Waals surface area contributed by atoms with Gasteiger partial charge in [-0.05, 0) is 30.3 Å². The van der Waals surface area contributed by atoms with Crippen LogP contribution in [0.5, 0.6) is 5.75 Å². The Morgan fingerprint density at radius 2 is 1.53 bits per heavy atom. The van der Waals surface area contributed by atoms with Crippen molar-refractivity contribution in [3.8, 4) is 5.75 Å². The molecule has 8 nitrogen and oxygen atoms in total. The van der Waals surface area contributed by atoms with E-state index in [9.17, 15) is 16.8 Å². The van der Waals surface area contributed by atoms with Crippen molar-refractivity contribution < 1.29 is 21.6 Å². The molecule has 2 aromatic rings. The average molecular weight is 474 g/mol. The number of ether oxygens (including phenoxy) is 1. The summed E-state index contributed by atoms with van der Waals surface area (Å²) in [6, 6.07) is 10.9. The van der Waals surface area contributed by atoms with Gasteiger partial charge < -0.3 is 15.0 Å². The molecular formula is C19H24ClN3O5S2. The van der Waals surface area contributed by atoms with Crippen LogP contribution in [-0.2, 0) is 19.9 Å². The summed E-state index contributed by atoms with van der Waals surface area (Å²) >= 11 is 0. The van der Waals surface area contributed by atoms with Crippen LogP contribution in [0.25, 0.3) is 0 Å². The minimum absolute atomic E-state index is 0. The fourth-order valence-corrected chi connectivity index (χ4v) is 5.85. The Hall–Kier alpha value is -2.01. The molecule has 0 saturated carbocycles. The van der Waals surface area contributed by atoms with Crippen molar-refractivity contribution in [2.75, 3.05) is 54.8 Å². The number of anilines is 2. The Labute approximate surface area is 183 Å². The molecule has 0 amide bonds. The Balaban J connectivity index is 0.00000256. The third-order valence-corrected chi connectivity index (χ3v) is 7.98. The largest absolute Gasteiger partial charge is 0.487 e. The number of benzene rings is 2. The average Bonchev–Trinajstić information content (AvgIpc) is 2.73. The van der Waals surface area contributed by atoms with Crippen molar-refractivity contribution in [2.45, 2.75) is 9.79 Å². The normalized spacial score (nSPS) is 17.0. The molecule has 1 saturated heterocycles. The first kappa shape index (κ1) is 22.7. The molecule has 0 spiro atoms. The van der Waals surface area contributed by atoms with Crippen molar-refractivity contribution >= 4 is 43.6 Å². The summed E-state index contributed by atoms with van der Waals surface area (Å²) in [7, 11) is -7.47. The zero-order valence-electron chi connectivity index (χ0n) is 16.4. The maximum atomic E-state index is 13.4. The van der Waals surface area contributed by atoms with Gasteiger partial charge in [-0.15, -0.1) is 12.4 Å². The number of rotatable bonds is 4. The standard InChI is InChI=1S/C19H23N3O5S2.ClH/c1-28(23,24)15-4-2-5-16(14-15)29(25,26)22-12-13-27-19-17(6-3-7-18(19)22)21-10-8-20-9-11-21;/h2-7,14,20H,8-13H2,1H3;1H. The third-order valence-electron chi connectivity index (χ3n) is 5.06. The molecule has 0 aromatic heterocycles. The van der Waals surface area contributed by atoms with Crippen LogP contribution in [-0.4, -0.2) is 62.4 Å². The number of halogens is 1. The predicted octanol–water partition coefficient (Wildman–Crippen LogP) is 1.51. The van der Waals surface area contributed by atoms with Gasteiger partial charge >= 0.3 is 0 Å². The van der Waals surface area contributed by atoms with E-state index in [0.717, 1.165) is 38.1 Å². The van der Waals surface area contributed by atoms with Crippen LogP contribution in [0.1, 0.15) is 0 Å². The highest BCUT2D eigenvalue weighted by Crippen LogP contribution is 2.42. The molecule has 0 radical (unpaired) electrons. The van der Waals surface area contributed by atoms with E-state index >= 15 is 0 Å². The summed E-state index contributed by atoms with van der Waals surface area (Å²) in [6.45, 7) is 3.70. The van der Waals surface area contributed by atoms with Crippen LogP contribution < -0.4 is 19.3 Å². The van der Waals surface area contributed by atoms with Gasteiger partial charge in [-0.25, -0.2) is 16.8 Å². The summed E-state index contributed by atoms with van der Waals surface area (Å²) in [5.74, 6) is 0.545. The number of sulfonamides is 1. The predicted molar refractivity (Wildman–Crippen MR) is 118 cm³/mol. The summed E-state index contributed by atoms with van der Waals surface area (Å²) in [6.07, 6.45) is 1.06. The second kappa shape index (κ2) is 8.62. The number of hydrogen-bond acceptors (Lipinski definition) is 7. The molecule has 1 N–H and O–H groups in total. The highest BCUT2D eigenvalue weighted by atomic mass is 35.5. The van der Waals surface area contributed by atoms with Gasteiger partial charge in [-0.3, -0.25) is 4.31 Å². The third kappa shape index (κ3) is 4.22. The van der Waals surface area contributed by atoms with Gasteiger partial charge in [0.05, 0.1) is 27.7 Å². The topological polar surface area (TPSA) is 96.0 Å². The molecule has 0 unspecified atom stereocenters. The van der Waals surface area contributed by atoms with Crippen LogP contribution in [0.15, 0.2) is 52.3 Å². The van der Waals surface area contributed by atoms with Gasteiger partial charge in [0.1, 0.15) is 6.61 Å². The maximum absolute atomic E-state index is 13.4. The minimum Gasteiger partial charge on any atom is -0.487 e. The Morgan fingerprint density at radius 1 is 0.900 bits per heavy atom. The Bertz CT molecular complexity index is 1130. The smallest absolute Gasteiger partial charge is 0.264 e. The van der Waals surface area contributed by atoms with E-state index < -0.39 is 19.9 Å². The first-order chi connectivity index (χ1) is 13.8. The molecule has 2 aliphatic rings. The van der Waals surface area contributed by atoms with E-state index in [4.69, 9.17) is 4.74 Å². The number of nitrogens with zero attached hydrogens (tertiary/aromatic N) is 2. The van der Waals surface area contributed by atoms with Crippen LogP contribution in [0.2, 0.25) is 0 Å². The number of piperazine rings is 1. The fraction of sp³-hybridized carbons (Fsp3) is 0.368. The van der Waals surface area contributed by atoms with Crippen molar-refractivity contribution in [3.05, 3.63) is 42.5 Å². The van der Waals surface area contributed by atoms with Crippen LogP contribution >= 0.6 is 12.4 Å². The number of hydrogen-bond donors (Lipinski definition) is 1. The lowest BCUT2D eigenvalue weighted by Crippen LogP contribution is -2.44. The lowest BCUT2D eigenvalue weighted by Gasteiger charge is -2.36. The second-order valence-corrected chi connectivity index (χ2v) is 10.9. The molecule has 164 valence electrons. The summed E-state index contributed by atoms with van der Waals surface area (Å²) < 4.78 is 57.7. The molecule has 4 rings (SSSR count). The molecule has 0 aliphatic carbocycles. The summed E-state index contributed by atoms with van der Waals surface area (Å²) in [5, 5.41) is 3.30. The number of sulfone groups is 1. The quantitative estimate of drug-likeness (QED) is 0.719. The molecule has 1 fully saturated rings. The van der Waals surface area contributed by atoms with Gasteiger partial charge in [0.2, 0.25) is 0 Å². The van der Waals surface area contributed by atoms with Gasteiger partial charge in [0.15, 0.2) is 15.6 Å². The van der Waals surface area contributed by atoms with E-state index in [1.807, 2.05) is 12.1 Å². The maximum Gasteiger partial charge on any atom is 0.264 e. The van der Waals surface area contributed by atoms with Crippen LogP contribution in [0, 0.1) is 0 Å². The van der Waals surface area contributed by atoms with Gasteiger partial charge in [0, 0.05) is 32.4 Å². The second-order valence-electron chi connectivity index (χ2n) is 7.04. The molecule has 2 heterocycles. The van der Waals surface area contributed by atoms with Crippen molar-refractivity contribution in [1.82, 2.24) is 5.32 Å². The van der Waals surface area contributed by atoms with Crippen LogP contribution in [0.4, 0.5) is 11.4 Å². The molecule has 0 bridgehead atoms. The van der Waals surface area contributed by atoms with Crippen molar-refractivity contribution in [2.24, 2.45) is 0 Å². The molecule has 0 atom stereocenters. The van der Waals surface area contributed by atoms with E-state index in [1.165, 1.54) is 28.6 Å². The first-order valence-corrected chi connectivity index (χ1v) is 12.7. The fourth-order valence-electron chi connectivity index (χ4n) is 3.61. The minimum atomic E-state index is -3.95. The van der Waals surface area contributed by atoms with Gasteiger partial charge in [-0.1, -0.05) is 12.1 Å². The number of fused-ring (bicyclic) bond motifs is 1. The zero-order chi connectivity index (χ0) is 20.6. The SMILES string of the molecule is CS(=O)(=O)c1cccc(S(=O)(=O)N2CCOc3c(N4CCNCC4)cccc32)c1.Cl. The Morgan fingerprint density at radius 3 is 2.23 bits per heavy atom. The van der Waals surface area contributed by atoms with Crippen molar-refractivity contribution in [3.63, 3.8) is 0 Å². The molecule has 30 heavy (non-hydrogen) atoms. The van der Waals surface area contributed by atoms with E-state index in [2.05, 4.69) is 10.2 Å². The van der Waals surface area contributed by atoms with Crippen molar-refractivity contribution in [1.29, 1.82) is 0 Å². The zero-order valence-corrected chi connectivity index (χ0v) is 18.9. The van der Waals surface area contributed by atoms with E-state index in [1.54, 1.807) is 6.07 Å². The number of nitrogens with one attached hydrogen (secondary N) is 1. The first-order valence-electron chi connectivity index (χ1n) is 9.33. The molecule has 2 aliphatic heterocycles. The van der Waals surface area contributed by atoms with Gasteiger partial charge in [0.25, 0.3) is 10.0 Å². The van der Waals surface area contributed by atoms with E-state index in [-0.39, 0.29) is 35.3 Å². The van der Waals surface area contributed by atoms with Crippen LogP contribution in [0.3, 0.4) is 0 Å². The molecular weight excluding hydrogens is 450 g/mol. The highest BCUT2D eigenvalue weighted by molar-refractivity contribution is 7.93. The monoisotopic (exact) mass is 473 g/mol. The molecule has 2 aromatic carbocycles. The Kier molecular flexibility index (Phi) is 6.51. The number of para-hydroxylation sites is 1. The van der Waals surface area contributed by atoms with Gasteiger partial charge in [-0.2, -0.15) is 0 Å². The lowest BCUT2D eigenvalue weighted by molar-refractivity contribution is 0.315. The lowest BCUT2D eigenvalue weighted by atomic mass is 10.2. The van der Waals surface area contributed by atoms with E-state index in [0.29, 0.717) is 11.4 Å². The molecule has 11 heteroatoms.